The fraction of sp³-hybridized carbons (Fsp3) is 0.591. The maximum absolute atomic E-state index is 12.9. The van der Waals surface area contributed by atoms with Crippen LogP contribution in [0.2, 0.25) is 0 Å². The third kappa shape index (κ3) is 3.26. The van der Waals surface area contributed by atoms with E-state index in [0.29, 0.717) is 30.0 Å². The van der Waals surface area contributed by atoms with Gasteiger partial charge in [0.1, 0.15) is 6.04 Å². The molecule has 0 bridgehead atoms. The molecule has 5 rings (SSSR count). The molecule has 0 aromatic heterocycles. The van der Waals surface area contributed by atoms with Gasteiger partial charge in [0.15, 0.2) is 0 Å². The number of nitrogens with one attached hydrogen (secondary N) is 3. The first-order valence-corrected chi connectivity index (χ1v) is 10.8. The summed E-state index contributed by atoms with van der Waals surface area (Å²) in [5.74, 6) is -0.0376. The summed E-state index contributed by atoms with van der Waals surface area (Å²) in [5, 5.41) is 9.65. The minimum Gasteiger partial charge on any atom is -0.322 e. The van der Waals surface area contributed by atoms with Crippen molar-refractivity contribution in [1.82, 2.24) is 20.9 Å². The van der Waals surface area contributed by atoms with E-state index in [2.05, 4.69) is 22.0 Å². The molecule has 7 nitrogen and oxygen atoms in total. The molecular formula is C22H28N4O3. The standard InChI is InChI=1S/C22H28N4O3/c27-19-5-4-18(20(28)25-19)26-13-15-3-2-14(10-17(15)21(26)29)11-23-12-16-6-9-24-22(16)7-1-8-22/h2-3,10,16,18,23-24H,1,4-9,11-13H2,(H,25,27,28). The summed E-state index contributed by atoms with van der Waals surface area (Å²) in [6.45, 7) is 3.30. The molecule has 3 heterocycles. The third-order valence-electron chi connectivity index (χ3n) is 7.31. The second-order valence-electron chi connectivity index (χ2n) is 8.94. The van der Waals surface area contributed by atoms with Gasteiger partial charge in [-0.3, -0.25) is 19.7 Å². The molecule has 1 aromatic rings. The Hall–Kier alpha value is -2.25. The molecule has 3 fully saturated rings. The van der Waals surface area contributed by atoms with Gasteiger partial charge in [-0.15, -0.1) is 0 Å². The van der Waals surface area contributed by atoms with Crippen molar-refractivity contribution in [2.75, 3.05) is 13.1 Å². The molecule has 0 radical (unpaired) electrons. The molecular weight excluding hydrogens is 368 g/mol. The quantitative estimate of drug-likeness (QED) is 0.648. The van der Waals surface area contributed by atoms with E-state index in [1.165, 1.54) is 25.7 Å². The molecule has 2 atom stereocenters. The molecule has 7 heteroatoms. The highest BCUT2D eigenvalue weighted by Gasteiger charge is 2.46. The number of hydrogen-bond acceptors (Lipinski definition) is 5. The van der Waals surface area contributed by atoms with E-state index in [0.717, 1.165) is 30.8 Å². The van der Waals surface area contributed by atoms with Gasteiger partial charge >= 0.3 is 0 Å². The first-order chi connectivity index (χ1) is 14.1. The van der Waals surface area contributed by atoms with E-state index >= 15 is 0 Å². The van der Waals surface area contributed by atoms with E-state index in [4.69, 9.17) is 0 Å². The van der Waals surface area contributed by atoms with Gasteiger partial charge < -0.3 is 15.5 Å². The summed E-state index contributed by atoms with van der Waals surface area (Å²) in [6, 6.07) is 5.48. The number of piperidine rings is 1. The normalized spacial score (nSPS) is 27.9. The fourth-order valence-corrected chi connectivity index (χ4v) is 5.46. The van der Waals surface area contributed by atoms with Gasteiger partial charge in [-0.25, -0.2) is 0 Å². The van der Waals surface area contributed by atoms with Crippen LogP contribution >= 0.6 is 0 Å². The summed E-state index contributed by atoms with van der Waals surface area (Å²) in [4.78, 5) is 38.1. The van der Waals surface area contributed by atoms with Gasteiger partial charge in [-0.1, -0.05) is 12.1 Å². The maximum Gasteiger partial charge on any atom is 0.255 e. The summed E-state index contributed by atoms with van der Waals surface area (Å²) in [5.41, 5.74) is 3.11. The molecule has 154 valence electrons. The Labute approximate surface area is 170 Å². The van der Waals surface area contributed by atoms with Crippen molar-refractivity contribution in [3.63, 3.8) is 0 Å². The number of rotatable bonds is 5. The highest BCUT2D eigenvalue weighted by molar-refractivity contribution is 6.05. The lowest BCUT2D eigenvalue weighted by Crippen LogP contribution is -2.53. The van der Waals surface area contributed by atoms with E-state index in [9.17, 15) is 14.4 Å². The van der Waals surface area contributed by atoms with E-state index < -0.39 is 6.04 Å². The Morgan fingerprint density at radius 2 is 2.03 bits per heavy atom. The number of benzene rings is 1. The molecule has 3 N–H and O–H groups in total. The molecule has 1 aromatic carbocycles. The van der Waals surface area contributed by atoms with Gasteiger partial charge in [-0.05, 0) is 61.8 Å². The van der Waals surface area contributed by atoms with Crippen molar-refractivity contribution in [2.45, 2.75) is 63.2 Å². The van der Waals surface area contributed by atoms with Crippen LogP contribution in [0.15, 0.2) is 18.2 Å². The largest absolute Gasteiger partial charge is 0.322 e. The highest BCUT2D eigenvalue weighted by Crippen LogP contribution is 2.42. The molecule has 29 heavy (non-hydrogen) atoms. The van der Waals surface area contributed by atoms with Crippen molar-refractivity contribution >= 4 is 17.7 Å². The zero-order valence-electron chi connectivity index (χ0n) is 16.6. The van der Waals surface area contributed by atoms with Crippen LogP contribution in [-0.2, 0) is 22.7 Å². The van der Waals surface area contributed by atoms with Crippen LogP contribution in [0.4, 0.5) is 0 Å². The number of carbonyl (C=O) groups excluding carboxylic acids is 3. The van der Waals surface area contributed by atoms with Crippen molar-refractivity contribution in [3.05, 3.63) is 34.9 Å². The molecule has 4 aliphatic rings. The molecule has 1 spiro atoms. The van der Waals surface area contributed by atoms with Crippen molar-refractivity contribution in [1.29, 1.82) is 0 Å². The Kier molecular flexibility index (Phi) is 4.67. The van der Waals surface area contributed by atoms with Gasteiger partial charge in [0, 0.05) is 37.2 Å². The Bertz CT molecular complexity index is 864. The zero-order chi connectivity index (χ0) is 20.0. The predicted molar refractivity (Wildman–Crippen MR) is 107 cm³/mol. The molecule has 2 saturated heterocycles. The number of amides is 3. The van der Waals surface area contributed by atoms with Crippen LogP contribution in [0.1, 0.15) is 60.0 Å². The first kappa shape index (κ1) is 18.8. The lowest BCUT2D eigenvalue weighted by Gasteiger charge is -2.44. The zero-order valence-corrected chi connectivity index (χ0v) is 16.6. The fourth-order valence-electron chi connectivity index (χ4n) is 5.46. The second-order valence-corrected chi connectivity index (χ2v) is 8.94. The van der Waals surface area contributed by atoms with Crippen LogP contribution in [0.5, 0.6) is 0 Å². The van der Waals surface area contributed by atoms with Crippen LogP contribution in [-0.4, -0.2) is 47.3 Å². The average molecular weight is 396 g/mol. The smallest absolute Gasteiger partial charge is 0.255 e. The molecule has 3 amide bonds. The van der Waals surface area contributed by atoms with Crippen LogP contribution < -0.4 is 16.0 Å². The number of hydrogen-bond donors (Lipinski definition) is 3. The van der Waals surface area contributed by atoms with Gasteiger partial charge in [0.05, 0.1) is 0 Å². The van der Waals surface area contributed by atoms with Gasteiger partial charge in [0.2, 0.25) is 11.8 Å². The molecule has 1 aliphatic carbocycles. The molecule has 2 unspecified atom stereocenters. The van der Waals surface area contributed by atoms with E-state index in [1.807, 2.05) is 12.1 Å². The lowest BCUT2D eigenvalue weighted by atomic mass is 9.69. The van der Waals surface area contributed by atoms with Crippen molar-refractivity contribution in [2.24, 2.45) is 5.92 Å². The predicted octanol–water partition coefficient (Wildman–Crippen LogP) is 1.07. The Morgan fingerprint density at radius 1 is 1.17 bits per heavy atom. The SMILES string of the molecule is O=C1CCC(N2Cc3ccc(CNCC4CCNC45CCC5)cc3C2=O)C(=O)N1. The van der Waals surface area contributed by atoms with E-state index in [1.54, 1.807) is 4.90 Å². The first-order valence-electron chi connectivity index (χ1n) is 10.8. The average Bonchev–Trinajstić information content (AvgIpc) is 3.24. The Morgan fingerprint density at radius 3 is 2.79 bits per heavy atom. The number of nitrogens with zero attached hydrogens (tertiary/aromatic N) is 1. The second kappa shape index (κ2) is 7.22. The van der Waals surface area contributed by atoms with Gasteiger partial charge in [-0.2, -0.15) is 0 Å². The van der Waals surface area contributed by atoms with Crippen LogP contribution in [0.3, 0.4) is 0 Å². The highest BCUT2D eigenvalue weighted by atomic mass is 16.2. The minimum absolute atomic E-state index is 0.107. The van der Waals surface area contributed by atoms with E-state index in [-0.39, 0.29) is 24.1 Å². The summed E-state index contributed by atoms with van der Waals surface area (Å²) >= 11 is 0. The van der Waals surface area contributed by atoms with Crippen molar-refractivity contribution < 1.29 is 14.4 Å². The Balaban J connectivity index is 1.21. The number of fused-ring (bicyclic) bond motifs is 1. The summed E-state index contributed by atoms with van der Waals surface area (Å²) < 4.78 is 0. The monoisotopic (exact) mass is 396 g/mol. The summed E-state index contributed by atoms with van der Waals surface area (Å²) in [7, 11) is 0. The molecule has 1 saturated carbocycles. The minimum atomic E-state index is -0.553. The van der Waals surface area contributed by atoms with Crippen molar-refractivity contribution in [3.8, 4) is 0 Å². The van der Waals surface area contributed by atoms with Crippen LogP contribution in [0, 0.1) is 5.92 Å². The number of imide groups is 1. The summed E-state index contributed by atoms with van der Waals surface area (Å²) in [6.07, 6.45) is 5.83. The molecule has 3 aliphatic heterocycles. The topological polar surface area (TPSA) is 90.5 Å². The number of carbonyl (C=O) groups is 3. The lowest BCUT2D eigenvalue weighted by molar-refractivity contribution is -0.136. The van der Waals surface area contributed by atoms with Gasteiger partial charge in [0.25, 0.3) is 5.91 Å². The third-order valence-corrected chi connectivity index (χ3v) is 7.31. The van der Waals surface area contributed by atoms with Crippen LogP contribution in [0.25, 0.3) is 0 Å². The maximum atomic E-state index is 12.9.